The summed E-state index contributed by atoms with van der Waals surface area (Å²) in [5.41, 5.74) is 2.92. The lowest BCUT2D eigenvalue weighted by atomic mass is 10.1. The molecule has 1 aromatic heterocycles. The molecule has 2 amide bonds. The highest BCUT2D eigenvalue weighted by Crippen LogP contribution is 2.51. The average Bonchev–Trinajstić information content (AvgIpc) is 3.21. The Balaban J connectivity index is 1.51. The number of carbonyl (C=O) groups is 2. The van der Waals surface area contributed by atoms with Crippen LogP contribution in [0.1, 0.15) is 52.7 Å². The van der Waals surface area contributed by atoms with Crippen molar-refractivity contribution in [1.29, 1.82) is 5.26 Å². The van der Waals surface area contributed by atoms with Crippen LogP contribution >= 0.6 is 0 Å². The lowest BCUT2D eigenvalue weighted by Gasteiger charge is -2.29. The SMILES string of the molecule is Cc1ccc(-c2cc(N(C(=O)OC(C)(C)C)C3[C@H]4CN(C(=O)OC(C)(C)C)C[C@@H]34)nn2-c2ccc(C#N)cc2)cc1. The standard InChI is InChI=1S/C32H37N5O4/c1-20-8-12-22(13-9-20)26-16-27(34-37(26)23-14-10-21(17-33)11-15-23)36(30(39)41-32(5,6)7)28-24-18-35(19-25(24)28)29(38)40-31(2,3)4/h8-16,24-25,28H,18-19H2,1-7H3/t24-,25+,28?. The molecule has 2 aromatic carbocycles. The number of hydrogen-bond acceptors (Lipinski definition) is 6. The molecular formula is C32H37N5O4. The number of ether oxygens (including phenoxy) is 2. The smallest absolute Gasteiger partial charge is 0.416 e. The highest BCUT2D eigenvalue weighted by molar-refractivity contribution is 5.89. The first-order valence-electron chi connectivity index (χ1n) is 13.9. The van der Waals surface area contributed by atoms with E-state index in [1.54, 1.807) is 26.6 Å². The van der Waals surface area contributed by atoms with Crippen LogP contribution in [0, 0.1) is 30.1 Å². The molecule has 0 radical (unpaired) electrons. The van der Waals surface area contributed by atoms with Crippen molar-refractivity contribution >= 4 is 18.0 Å². The Kier molecular flexibility index (Phi) is 7.06. The Bertz CT molecular complexity index is 1480. The molecule has 3 aromatic rings. The Morgan fingerprint density at radius 2 is 1.51 bits per heavy atom. The van der Waals surface area contributed by atoms with Gasteiger partial charge in [-0.2, -0.15) is 5.26 Å². The van der Waals surface area contributed by atoms with Gasteiger partial charge < -0.3 is 14.4 Å². The first-order chi connectivity index (χ1) is 19.2. The first-order valence-corrected chi connectivity index (χ1v) is 13.9. The van der Waals surface area contributed by atoms with Crippen molar-refractivity contribution in [2.24, 2.45) is 11.8 Å². The number of aryl methyl sites for hydroxylation is 1. The second-order valence-electron chi connectivity index (χ2n) is 12.9. The molecule has 9 heteroatoms. The molecule has 41 heavy (non-hydrogen) atoms. The maximum Gasteiger partial charge on any atom is 0.416 e. The third kappa shape index (κ3) is 6.07. The fourth-order valence-corrected chi connectivity index (χ4v) is 5.32. The van der Waals surface area contributed by atoms with E-state index in [-0.39, 0.29) is 24.0 Å². The Hall–Kier alpha value is -4.32. The number of fused-ring (bicyclic) bond motifs is 1. The van der Waals surface area contributed by atoms with Crippen molar-refractivity contribution in [3.8, 4) is 23.0 Å². The Labute approximate surface area is 241 Å². The van der Waals surface area contributed by atoms with Crippen molar-refractivity contribution in [2.75, 3.05) is 18.0 Å². The minimum Gasteiger partial charge on any atom is -0.444 e. The summed E-state index contributed by atoms with van der Waals surface area (Å²) in [6, 6.07) is 19.2. The Morgan fingerprint density at radius 1 is 0.927 bits per heavy atom. The van der Waals surface area contributed by atoms with Crippen LogP contribution in [0.15, 0.2) is 54.6 Å². The number of carbonyl (C=O) groups excluding carboxylic acids is 2. The molecule has 5 rings (SSSR count). The molecule has 0 spiro atoms. The molecular weight excluding hydrogens is 518 g/mol. The van der Waals surface area contributed by atoms with Gasteiger partial charge in [-0.1, -0.05) is 29.8 Å². The number of likely N-dealkylation sites (tertiary alicyclic amines) is 1. The van der Waals surface area contributed by atoms with Gasteiger partial charge in [0, 0.05) is 36.6 Å². The summed E-state index contributed by atoms with van der Waals surface area (Å²) in [6.45, 7) is 14.1. The van der Waals surface area contributed by atoms with Gasteiger partial charge in [0.15, 0.2) is 5.82 Å². The predicted molar refractivity (Wildman–Crippen MR) is 156 cm³/mol. The highest BCUT2D eigenvalue weighted by atomic mass is 16.6. The van der Waals surface area contributed by atoms with E-state index in [1.165, 1.54) is 0 Å². The van der Waals surface area contributed by atoms with Crippen molar-refractivity contribution in [1.82, 2.24) is 14.7 Å². The zero-order valence-electron chi connectivity index (χ0n) is 24.7. The number of nitrogens with zero attached hydrogens (tertiary/aromatic N) is 5. The largest absolute Gasteiger partial charge is 0.444 e. The van der Waals surface area contributed by atoms with Crippen molar-refractivity contribution in [2.45, 2.75) is 65.7 Å². The molecule has 1 saturated heterocycles. The van der Waals surface area contributed by atoms with Gasteiger partial charge >= 0.3 is 12.2 Å². The van der Waals surface area contributed by atoms with E-state index >= 15 is 0 Å². The summed E-state index contributed by atoms with van der Waals surface area (Å²) in [5.74, 6) is 0.665. The van der Waals surface area contributed by atoms with E-state index in [9.17, 15) is 14.9 Å². The minimum absolute atomic E-state index is 0.0953. The molecule has 1 aliphatic heterocycles. The van der Waals surface area contributed by atoms with Gasteiger partial charge in [-0.3, -0.25) is 4.90 Å². The van der Waals surface area contributed by atoms with Crippen LogP contribution in [0.2, 0.25) is 0 Å². The van der Waals surface area contributed by atoms with Gasteiger partial charge in [-0.25, -0.2) is 14.3 Å². The number of benzene rings is 2. The number of anilines is 1. The van der Waals surface area contributed by atoms with Gasteiger partial charge in [-0.15, -0.1) is 5.10 Å². The van der Waals surface area contributed by atoms with E-state index in [4.69, 9.17) is 14.6 Å². The molecule has 1 saturated carbocycles. The topological polar surface area (TPSA) is 101 Å². The molecule has 1 aliphatic carbocycles. The third-order valence-corrected chi connectivity index (χ3v) is 7.22. The van der Waals surface area contributed by atoms with Crippen LogP contribution in [0.25, 0.3) is 16.9 Å². The number of hydrogen-bond donors (Lipinski definition) is 0. The highest BCUT2D eigenvalue weighted by Gasteiger charge is 2.62. The minimum atomic E-state index is -0.697. The molecule has 2 aliphatic rings. The number of rotatable bonds is 4. The van der Waals surface area contributed by atoms with E-state index in [1.807, 2.05) is 90.9 Å². The quantitative estimate of drug-likeness (QED) is 0.373. The summed E-state index contributed by atoms with van der Waals surface area (Å²) >= 11 is 0. The lowest BCUT2D eigenvalue weighted by Crippen LogP contribution is -2.44. The predicted octanol–water partition coefficient (Wildman–Crippen LogP) is 6.33. The molecule has 2 fully saturated rings. The summed E-state index contributed by atoms with van der Waals surface area (Å²) in [5, 5.41) is 14.2. The van der Waals surface area contributed by atoms with Crippen LogP contribution in [0.4, 0.5) is 15.4 Å². The third-order valence-electron chi connectivity index (χ3n) is 7.22. The van der Waals surface area contributed by atoms with E-state index < -0.39 is 17.3 Å². The summed E-state index contributed by atoms with van der Waals surface area (Å²) in [4.78, 5) is 29.8. The van der Waals surface area contributed by atoms with Crippen molar-refractivity contribution in [3.63, 3.8) is 0 Å². The second kappa shape index (κ2) is 10.3. The van der Waals surface area contributed by atoms with Crippen LogP contribution in [-0.4, -0.2) is 57.2 Å². The molecule has 1 unspecified atom stereocenters. The number of nitriles is 1. The summed E-state index contributed by atoms with van der Waals surface area (Å²) in [6.07, 6.45) is -0.806. The molecule has 3 atom stereocenters. The van der Waals surface area contributed by atoms with Gasteiger partial charge in [-0.05, 0) is 72.7 Å². The lowest BCUT2D eigenvalue weighted by molar-refractivity contribution is 0.0270. The van der Waals surface area contributed by atoms with E-state index in [0.717, 1.165) is 22.5 Å². The molecule has 214 valence electrons. The molecule has 0 bridgehead atoms. The zero-order valence-corrected chi connectivity index (χ0v) is 24.7. The summed E-state index contributed by atoms with van der Waals surface area (Å²) in [7, 11) is 0. The number of piperidine rings is 1. The van der Waals surface area contributed by atoms with Crippen molar-refractivity contribution in [3.05, 3.63) is 65.7 Å². The second-order valence-corrected chi connectivity index (χ2v) is 12.9. The normalized spacial score (nSPS) is 19.8. The maximum atomic E-state index is 13.7. The summed E-state index contributed by atoms with van der Waals surface area (Å²) < 4.78 is 13.2. The van der Waals surface area contributed by atoms with E-state index in [2.05, 4.69) is 6.07 Å². The fourth-order valence-electron chi connectivity index (χ4n) is 5.32. The van der Waals surface area contributed by atoms with Crippen LogP contribution in [-0.2, 0) is 9.47 Å². The maximum absolute atomic E-state index is 13.7. The van der Waals surface area contributed by atoms with Crippen molar-refractivity contribution < 1.29 is 19.1 Å². The van der Waals surface area contributed by atoms with E-state index in [0.29, 0.717) is 24.5 Å². The monoisotopic (exact) mass is 555 g/mol. The van der Waals surface area contributed by atoms with Gasteiger partial charge in [0.05, 0.1) is 29.1 Å². The van der Waals surface area contributed by atoms with Crippen LogP contribution < -0.4 is 4.90 Å². The average molecular weight is 556 g/mol. The molecule has 0 N–H and O–H groups in total. The zero-order chi connectivity index (χ0) is 29.7. The number of aromatic nitrogens is 2. The Morgan fingerprint density at radius 3 is 2.05 bits per heavy atom. The fraction of sp³-hybridized carbons (Fsp3) is 0.438. The molecule has 9 nitrogen and oxygen atoms in total. The van der Waals surface area contributed by atoms with Crippen LogP contribution in [0.3, 0.4) is 0 Å². The van der Waals surface area contributed by atoms with Gasteiger partial charge in [0.2, 0.25) is 0 Å². The number of amides is 2. The first kappa shape index (κ1) is 28.2. The van der Waals surface area contributed by atoms with Gasteiger partial charge in [0.1, 0.15) is 11.2 Å². The van der Waals surface area contributed by atoms with Crippen LogP contribution in [0.5, 0.6) is 0 Å². The van der Waals surface area contributed by atoms with Gasteiger partial charge in [0.25, 0.3) is 0 Å². The molecule has 2 heterocycles.